The number of nitrogens with one attached hydrogen (secondary N) is 1. The van der Waals surface area contributed by atoms with Crippen molar-refractivity contribution in [1.29, 1.82) is 0 Å². The number of morpholine rings is 1. The van der Waals surface area contributed by atoms with E-state index >= 15 is 0 Å². The lowest BCUT2D eigenvalue weighted by molar-refractivity contribution is -0.0443. The molecule has 5 nitrogen and oxygen atoms in total. The lowest BCUT2D eigenvalue weighted by Crippen LogP contribution is -2.42. The minimum absolute atomic E-state index is 0.0273. The maximum Gasteiger partial charge on any atom is 0.161 e. The summed E-state index contributed by atoms with van der Waals surface area (Å²) in [6.07, 6.45) is 0.879. The molecule has 1 aromatic heterocycles. The topological polar surface area (TPSA) is 50.3 Å². The molecule has 1 atom stereocenters. The summed E-state index contributed by atoms with van der Waals surface area (Å²) in [5.41, 5.74) is 1.09. The Kier molecular flexibility index (Phi) is 5.57. The van der Waals surface area contributed by atoms with Crippen molar-refractivity contribution in [1.82, 2.24) is 14.9 Å². The van der Waals surface area contributed by atoms with Gasteiger partial charge in [-0.1, -0.05) is 6.92 Å². The quantitative estimate of drug-likeness (QED) is 0.801. The molecule has 1 N–H and O–H groups in total. The second kappa shape index (κ2) is 7.00. The number of anilines is 1. The highest BCUT2D eigenvalue weighted by Crippen LogP contribution is 2.25. The van der Waals surface area contributed by atoms with Gasteiger partial charge < -0.3 is 10.1 Å². The van der Waals surface area contributed by atoms with Gasteiger partial charge in [0.25, 0.3) is 0 Å². The van der Waals surface area contributed by atoms with E-state index in [4.69, 9.17) is 9.72 Å². The van der Waals surface area contributed by atoms with Crippen LogP contribution >= 0.6 is 22.6 Å². The summed E-state index contributed by atoms with van der Waals surface area (Å²) in [7, 11) is 1.90. The monoisotopic (exact) mass is 390 g/mol. The molecule has 0 aromatic carbocycles. The molecule has 112 valence electrons. The third-order valence-corrected chi connectivity index (χ3v) is 4.76. The van der Waals surface area contributed by atoms with Crippen molar-refractivity contribution in [3.63, 3.8) is 0 Å². The molecule has 0 radical (unpaired) electrons. The van der Waals surface area contributed by atoms with E-state index in [1.807, 2.05) is 7.05 Å². The highest BCUT2D eigenvalue weighted by Gasteiger charge is 2.26. The van der Waals surface area contributed by atoms with Crippen molar-refractivity contribution >= 4 is 28.4 Å². The molecule has 1 aliphatic heterocycles. The lowest BCUT2D eigenvalue weighted by Gasteiger charge is -2.35. The van der Waals surface area contributed by atoms with Crippen LogP contribution in [0.3, 0.4) is 0 Å². The zero-order valence-electron chi connectivity index (χ0n) is 12.6. The van der Waals surface area contributed by atoms with Crippen LogP contribution < -0.4 is 5.32 Å². The molecule has 1 aliphatic rings. The van der Waals surface area contributed by atoms with Gasteiger partial charge in [0.05, 0.1) is 15.9 Å². The Morgan fingerprint density at radius 2 is 2.20 bits per heavy atom. The van der Waals surface area contributed by atoms with Crippen molar-refractivity contribution in [2.24, 2.45) is 0 Å². The summed E-state index contributed by atoms with van der Waals surface area (Å²) >= 11 is 2.30. The second-order valence-corrected chi connectivity index (χ2v) is 6.32. The number of aromatic nitrogens is 2. The third kappa shape index (κ3) is 3.40. The minimum atomic E-state index is -0.0273. The first kappa shape index (κ1) is 15.9. The molecule has 1 saturated heterocycles. The van der Waals surface area contributed by atoms with Crippen LogP contribution in [0.15, 0.2) is 0 Å². The van der Waals surface area contributed by atoms with Gasteiger partial charge in [-0.05, 0) is 42.9 Å². The van der Waals surface area contributed by atoms with Crippen LogP contribution in [0.4, 0.5) is 5.82 Å². The molecule has 1 aromatic rings. The molecule has 0 bridgehead atoms. The molecule has 20 heavy (non-hydrogen) atoms. The average molecular weight is 390 g/mol. The van der Waals surface area contributed by atoms with E-state index in [1.165, 1.54) is 0 Å². The fraction of sp³-hybridized carbons (Fsp3) is 0.714. The predicted octanol–water partition coefficient (Wildman–Crippen LogP) is 2.47. The van der Waals surface area contributed by atoms with E-state index < -0.39 is 0 Å². The fourth-order valence-corrected chi connectivity index (χ4v) is 3.24. The van der Waals surface area contributed by atoms with E-state index in [1.54, 1.807) is 0 Å². The molecule has 1 fully saturated rings. The Morgan fingerprint density at radius 1 is 1.45 bits per heavy atom. The molecular formula is C14H23IN4O. The summed E-state index contributed by atoms with van der Waals surface area (Å²) < 4.78 is 6.99. The fourth-order valence-electron chi connectivity index (χ4n) is 2.35. The van der Waals surface area contributed by atoms with Crippen molar-refractivity contribution < 1.29 is 4.74 Å². The van der Waals surface area contributed by atoms with E-state index in [-0.39, 0.29) is 6.10 Å². The van der Waals surface area contributed by atoms with Crippen molar-refractivity contribution in [2.75, 3.05) is 32.1 Å². The molecule has 1 unspecified atom stereocenters. The van der Waals surface area contributed by atoms with Gasteiger partial charge in [0.2, 0.25) is 0 Å². The van der Waals surface area contributed by atoms with Crippen molar-refractivity contribution in [3.8, 4) is 0 Å². The van der Waals surface area contributed by atoms with Gasteiger partial charge in [0.15, 0.2) is 5.82 Å². The summed E-state index contributed by atoms with van der Waals surface area (Å²) in [4.78, 5) is 11.8. The molecule has 0 saturated carbocycles. The van der Waals surface area contributed by atoms with Gasteiger partial charge in [-0.15, -0.1) is 0 Å². The number of ether oxygens (including phenoxy) is 1. The number of hydrogen-bond donors (Lipinski definition) is 1. The second-order valence-electron chi connectivity index (χ2n) is 5.24. The number of halogens is 1. The molecular weight excluding hydrogens is 367 g/mol. The molecule has 0 spiro atoms. The van der Waals surface area contributed by atoms with Crippen LogP contribution in [-0.4, -0.2) is 47.7 Å². The van der Waals surface area contributed by atoms with E-state index in [0.717, 1.165) is 47.0 Å². The smallest absolute Gasteiger partial charge is 0.161 e. The average Bonchev–Trinajstić information content (AvgIpc) is 2.47. The minimum Gasteiger partial charge on any atom is -0.372 e. The number of rotatable bonds is 4. The highest BCUT2D eigenvalue weighted by atomic mass is 127. The Morgan fingerprint density at radius 3 is 2.80 bits per heavy atom. The first-order valence-corrected chi connectivity index (χ1v) is 8.24. The molecule has 2 heterocycles. The van der Waals surface area contributed by atoms with Crippen molar-refractivity contribution in [2.45, 2.75) is 39.3 Å². The molecule has 0 amide bonds. The Hall–Kier alpha value is -0.470. The summed E-state index contributed by atoms with van der Waals surface area (Å²) in [6.45, 7) is 9.15. The predicted molar refractivity (Wildman–Crippen MR) is 89.1 cm³/mol. The lowest BCUT2D eigenvalue weighted by atomic mass is 10.2. The molecule has 2 rings (SSSR count). The van der Waals surface area contributed by atoms with E-state index in [9.17, 15) is 0 Å². The first-order chi connectivity index (χ1) is 9.56. The molecule has 0 aliphatic carbocycles. The number of hydrogen-bond acceptors (Lipinski definition) is 5. The summed E-state index contributed by atoms with van der Waals surface area (Å²) in [6, 6.07) is 0.527. The van der Waals surface area contributed by atoms with Gasteiger partial charge in [-0.3, -0.25) is 4.90 Å². The van der Waals surface area contributed by atoms with Crippen LogP contribution in [-0.2, 0) is 11.2 Å². The standard InChI is InChI=1S/C14H23IN4O/c1-5-10-12(15)14(16-4)18-13(17-10)11-8-19(9(2)3)6-7-20-11/h9,11H,5-8H2,1-4H3,(H,16,17,18). The normalized spacial score (nSPS) is 20.4. The third-order valence-electron chi connectivity index (χ3n) is 3.62. The van der Waals surface area contributed by atoms with Crippen LogP contribution in [0.2, 0.25) is 0 Å². The zero-order valence-corrected chi connectivity index (χ0v) is 14.8. The number of aryl methyl sites for hydroxylation is 1. The molecule has 6 heteroatoms. The highest BCUT2D eigenvalue weighted by molar-refractivity contribution is 14.1. The maximum atomic E-state index is 5.89. The zero-order chi connectivity index (χ0) is 14.7. The van der Waals surface area contributed by atoms with Crippen LogP contribution in [0.1, 0.15) is 38.4 Å². The SMILES string of the molecule is CCc1nc(C2CN(C(C)C)CCO2)nc(NC)c1I. The van der Waals surface area contributed by atoms with Gasteiger partial charge in [-0.25, -0.2) is 9.97 Å². The van der Waals surface area contributed by atoms with Crippen LogP contribution in [0, 0.1) is 3.57 Å². The van der Waals surface area contributed by atoms with Gasteiger partial charge in [-0.2, -0.15) is 0 Å². The summed E-state index contributed by atoms with van der Waals surface area (Å²) in [5, 5.41) is 3.16. The van der Waals surface area contributed by atoms with Crippen LogP contribution in [0.5, 0.6) is 0 Å². The Labute approximate surface area is 134 Å². The van der Waals surface area contributed by atoms with Gasteiger partial charge in [0, 0.05) is 26.2 Å². The van der Waals surface area contributed by atoms with Crippen LogP contribution in [0.25, 0.3) is 0 Å². The van der Waals surface area contributed by atoms with Gasteiger partial charge in [0.1, 0.15) is 11.9 Å². The van der Waals surface area contributed by atoms with Crippen molar-refractivity contribution in [3.05, 3.63) is 15.1 Å². The largest absolute Gasteiger partial charge is 0.372 e. The summed E-state index contributed by atoms with van der Waals surface area (Å²) in [5.74, 6) is 1.70. The van der Waals surface area contributed by atoms with E-state index in [2.05, 4.69) is 58.6 Å². The maximum absolute atomic E-state index is 5.89. The Bertz CT molecular complexity index is 441. The Balaban J connectivity index is 2.27. The number of nitrogens with zero attached hydrogens (tertiary/aromatic N) is 3. The van der Waals surface area contributed by atoms with Gasteiger partial charge >= 0.3 is 0 Å². The first-order valence-electron chi connectivity index (χ1n) is 7.16. The van der Waals surface area contributed by atoms with E-state index in [0.29, 0.717) is 6.04 Å².